The Morgan fingerprint density at radius 1 is 0.684 bits per heavy atom. The number of carbonyl (C=O) groups is 1. The van der Waals surface area contributed by atoms with Crippen LogP contribution in [0.1, 0.15) is 71.1 Å². The molecule has 4 atom stereocenters. The smallest absolute Gasteiger partial charge is 0.123 e. The molecule has 0 bridgehead atoms. The maximum atomic E-state index is 11.0. The fourth-order valence-corrected chi connectivity index (χ4v) is 5.27. The zero-order valence-electron chi connectivity index (χ0n) is 12.5. The molecule has 0 radical (unpaired) electrons. The predicted octanol–water partition coefficient (Wildman–Crippen LogP) is 4.84. The highest BCUT2D eigenvalue weighted by Gasteiger charge is 2.38. The Balaban J connectivity index is 1.53. The minimum absolute atomic E-state index is 0.397. The molecular weight excluding hydrogens is 232 g/mol. The van der Waals surface area contributed by atoms with Crippen LogP contribution in [0.2, 0.25) is 0 Å². The summed E-state index contributed by atoms with van der Waals surface area (Å²) in [5.41, 5.74) is 0. The highest BCUT2D eigenvalue weighted by Crippen LogP contribution is 2.48. The van der Waals surface area contributed by atoms with Gasteiger partial charge < -0.3 is 4.79 Å². The monoisotopic (exact) mass is 262 g/mol. The maximum absolute atomic E-state index is 11.0. The number of hydrogen-bond donors (Lipinski definition) is 0. The Kier molecular flexibility index (Phi) is 4.29. The molecule has 0 aliphatic heterocycles. The molecule has 0 aromatic carbocycles. The molecule has 1 nitrogen and oxygen atoms in total. The number of carbonyl (C=O) groups excluding carboxylic acids is 1. The molecule has 19 heavy (non-hydrogen) atoms. The summed E-state index contributed by atoms with van der Waals surface area (Å²) in [6.07, 6.45) is 15.3. The van der Waals surface area contributed by atoms with E-state index in [4.69, 9.17) is 0 Å². The number of aldehydes is 1. The molecule has 0 aromatic rings. The van der Waals surface area contributed by atoms with Gasteiger partial charge in [0, 0.05) is 5.92 Å². The van der Waals surface area contributed by atoms with Crippen molar-refractivity contribution in [3.63, 3.8) is 0 Å². The van der Waals surface area contributed by atoms with Crippen LogP contribution in [-0.4, -0.2) is 6.29 Å². The van der Waals surface area contributed by atoms with E-state index in [-0.39, 0.29) is 0 Å². The van der Waals surface area contributed by atoms with Crippen molar-refractivity contribution in [2.45, 2.75) is 71.1 Å². The number of fused-ring (bicyclic) bond motifs is 1. The van der Waals surface area contributed by atoms with Gasteiger partial charge in [-0.2, -0.15) is 0 Å². The van der Waals surface area contributed by atoms with Crippen molar-refractivity contribution in [2.24, 2.45) is 35.5 Å². The first-order valence-corrected chi connectivity index (χ1v) is 8.71. The van der Waals surface area contributed by atoms with Crippen molar-refractivity contribution in [2.75, 3.05) is 0 Å². The van der Waals surface area contributed by atoms with E-state index in [9.17, 15) is 4.79 Å². The van der Waals surface area contributed by atoms with Crippen molar-refractivity contribution in [3.05, 3.63) is 0 Å². The van der Waals surface area contributed by atoms with Gasteiger partial charge in [0.15, 0.2) is 0 Å². The third kappa shape index (κ3) is 3.06. The second-order valence-electron chi connectivity index (χ2n) is 7.82. The molecule has 3 rings (SSSR count). The lowest BCUT2D eigenvalue weighted by Gasteiger charge is -2.44. The Labute approximate surface area is 118 Å². The van der Waals surface area contributed by atoms with E-state index in [2.05, 4.69) is 6.92 Å². The Morgan fingerprint density at radius 3 is 1.89 bits per heavy atom. The van der Waals surface area contributed by atoms with Crippen molar-refractivity contribution in [1.29, 1.82) is 0 Å². The highest BCUT2D eigenvalue weighted by atomic mass is 16.1. The van der Waals surface area contributed by atoms with Crippen LogP contribution in [0.4, 0.5) is 0 Å². The summed E-state index contributed by atoms with van der Waals surface area (Å²) in [6.45, 7) is 2.42. The molecule has 0 amide bonds. The van der Waals surface area contributed by atoms with E-state index in [1.165, 1.54) is 70.5 Å². The minimum atomic E-state index is 0.397. The van der Waals surface area contributed by atoms with E-state index in [0.29, 0.717) is 5.92 Å². The number of rotatable bonds is 2. The maximum Gasteiger partial charge on any atom is 0.123 e. The average molecular weight is 262 g/mol. The van der Waals surface area contributed by atoms with Crippen LogP contribution < -0.4 is 0 Å². The standard InChI is InChI=1S/C18H30O/c1-13-2-5-15(6-3-13)17-9-8-16-10-14(12-19)4-7-18(16)11-17/h12-18H,2-11H2,1H3. The van der Waals surface area contributed by atoms with Crippen molar-refractivity contribution >= 4 is 6.29 Å². The van der Waals surface area contributed by atoms with Gasteiger partial charge in [-0.15, -0.1) is 0 Å². The van der Waals surface area contributed by atoms with E-state index < -0.39 is 0 Å². The van der Waals surface area contributed by atoms with Crippen LogP contribution >= 0.6 is 0 Å². The molecule has 3 aliphatic carbocycles. The van der Waals surface area contributed by atoms with Gasteiger partial charge in [0.25, 0.3) is 0 Å². The third-order valence-corrected chi connectivity index (χ3v) is 6.61. The van der Waals surface area contributed by atoms with Crippen LogP contribution in [0.3, 0.4) is 0 Å². The second-order valence-corrected chi connectivity index (χ2v) is 7.82. The Bertz CT molecular complexity index is 303. The molecule has 1 heteroatoms. The lowest BCUT2D eigenvalue weighted by molar-refractivity contribution is -0.113. The van der Waals surface area contributed by atoms with Crippen molar-refractivity contribution < 1.29 is 4.79 Å². The summed E-state index contributed by atoms with van der Waals surface area (Å²) in [5, 5.41) is 0. The zero-order valence-corrected chi connectivity index (χ0v) is 12.5. The summed E-state index contributed by atoms with van der Waals surface area (Å²) in [5.74, 6) is 5.31. The lowest BCUT2D eigenvalue weighted by atomic mass is 9.61. The van der Waals surface area contributed by atoms with Gasteiger partial charge in [-0.25, -0.2) is 0 Å². The molecular formula is C18H30O. The molecule has 0 spiro atoms. The van der Waals surface area contributed by atoms with Crippen LogP contribution in [0, 0.1) is 35.5 Å². The second kappa shape index (κ2) is 5.97. The molecule has 0 saturated heterocycles. The predicted molar refractivity (Wildman–Crippen MR) is 78.8 cm³/mol. The van der Waals surface area contributed by atoms with Gasteiger partial charge >= 0.3 is 0 Å². The van der Waals surface area contributed by atoms with Gasteiger partial charge in [-0.05, 0) is 81.0 Å². The molecule has 108 valence electrons. The Morgan fingerprint density at radius 2 is 1.21 bits per heavy atom. The molecule has 4 unspecified atom stereocenters. The Hall–Kier alpha value is -0.330. The normalized spacial score (nSPS) is 47.4. The molecule has 0 N–H and O–H groups in total. The highest BCUT2D eigenvalue weighted by molar-refractivity contribution is 5.53. The fraction of sp³-hybridized carbons (Fsp3) is 0.944. The van der Waals surface area contributed by atoms with Gasteiger partial charge in [0.1, 0.15) is 6.29 Å². The first kappa shape index (κ1) is 13.6. The van der Waals surface area contributed by atoms with Crippen molar-refractivity contribution in [1.82, 2.24) is 0 Å². The van der Waals surface area contributed by atoms with Crippen LogP contribution in [-0.2, 0) is 4.79 Å². The van der Waals surface area contributed by atoms with Crippen LogP contribution in [0.15, 0.2) is 0 Å². The molecule has 0 aromatic heterocycles. The molecule has 3 fully saturated rings. The van der Waals surface area contributed by atoms with E-state index in [1.54, 1.807) is 0 Å². The zero-order chi connectivity index (χ0) is 13.2. The van der Waals surface area contributed by atoms with Crippen LogP contribution in [0.5, 0.6) is 0 Å². The summed E-state index contributed by atoms with van der Waals surface area (Å²) in [7, 11) is 0. The topological polar surface area (TPSA) is 17.1 Å². The third-order valence-electron chi connectivity index (χ3n) is 6.61. The van der Waals surface area contributed by atoms with Gasteiger partial charge in [0.05, 0.1) is 0 Å². The quantitative estimate of drug-likeness (QED) is 0.650. The molecule has 3 saturated carbocycles. The summed E-state index contributed by atoms with van der Waals surface area (Å²) in [6, 6.07) is 0. The lowest BCUT2D eigenvalue weighted by Crippen LogP contribution is -2.34. The first-order valence-electron chi connectivity index (χ1n) is 8.71. The van der Waals surface area contributed by atoms with E-state index >= 15 is 0 Å². The summed E-state index contributed by atoms with van der Waals surface area (Å²) in [4.78, 5) is 11.0. The largest absolute Gasteiger partial charge is 0.303 e. The molecule has 0 heterocycles. The van der Waals surface area contributed by atoms with E-state index in [1.807, 2.05) is 0 Å². The SMILES string of the molecule is CC1CCC(C2CCC3CC(C=O)CCC3C2)CC1. The van der Waals surface area contributed by atoms with E-state index in [0.717, 1.165) is 29.6 Å². The summed E-state index contributed by atoms with van der Waals surface area (Å²) >= 11 is 0. The number of hydrogen-bond acceptors (Lipinski definition) is 1. The average Bonchev–Trinajstić information content (AvgIpc) is 2.47. The van der Waals surface area contributed by atoms with Crippen LogP contribution in [0.25, 0.3) is 0 Å². The summed E-state index contributed by atoms with van der Waals surface area (Å²) < 4.78 is 0. The van der Waals surface area contributed by atoms with Gasteiger partial charge in [-0.3, -0.25) is 0 Å². The van der Waals surface area contributed by atoms with Gasteiger partial charge in [-0.1, -0.05) is 19.8 Å². The van der Waals surface area contributed by atoms with Gasteiger partial charge in [0.2, 0.25) is 0 Å². The minimum Gasteiger partial charge on any atom is -0.303 e. The molecule has 3 aliphatic rings. The van der Waals surface area contributed by atoms with Crippen molar-refractivity contribution in [3.8, 4) is 0 Å². The fourth-order valence-electron chi connectivity index (χ4n) is 5.27. The first-order chi connectivity index (χ1) is 9.26.